The summed E-state index contributed by atoms with van der Waals surface area (Å²) in [5, 5.41) is 0.912. The van der Waals surface area contributed by atoms with Gasteiger partial charge in [-0.15, -0.1) is 0 Å². The lowest BCUT2D eigenvalue weighted by Gasteiger charge is -2.07. The number of hydrogen-bond donors (Lipinski definition) is 0. The highest BCUT2D eigenvalue weighted by Gasteiger charge is 2.07. The van der Waals surface area contributed by atoms with E-state index in [4.69, 9.17) is 4.74 Å². The second-order valence-corrected chi connectivity index (χ2v) is 4.27. The maximum atomic E-state index is 13.7. The number of carbonyl (C=O) groups excluding carboxylic acids is 1. The average Bonchev–Trinajstić information content (AvgIpc) is 2.49. The summed E-state index contributed by atoms with van der Waals surface area (Å²) in [6.07, 6.45) is 2.12. The summed E-state index contributed by atoms with van der Waals surface area (Å²) in [5.74, 6) is -0.0723. The summed E-state index contributed by atoms with van der Waals surface area (Å²) in [6, 6.07) is 13.4. The Labute approximate surface area is 114 Å². The number of nitrogens with zero attached hydrogens (tertiary/aromatic N) is 1. The summed E-state index contributed by atoms with van der Waals surface area (Å²) in [5.41, 5.74) is 1.11. The Morgan fingerprint density at radius 1 is 1.10 bits per heavy atom. The first-order valence-corrected chi connectivity index (χ1v) is 6.03. The molecule has 1 heterocycles. The van der Waals surface area contributed by atoms with Crippen LogP contribution in [0.1, 0.15) is 10.4 Å². The zero-order chi connectivity index (χ0) is 13.9. The van der Waals surface area contributed by atoms with Crippen LogP contribution in [0.4, 0.5) is 4.39 Å². The highest BCUT2D eigenvalue weighted by molar-refractivity contribution is 5.79. The van der Waals surface area contributed by atoms with Gasteiger partial charge in [0.2, 0.25) is 0 Å². The molecule has 2 aromatic carbocycles. The van der Waals surface area contributed by atoms with Gasteiger partial charge in [-0.05, 0) is 30.3 Å². The van der Waals surface area contributed by atoms with Crippen LogP contribution in [0.15, 0.2) is 54.7 Å². The third kappa shape index (κ3) is 2.36. The minimum atomic E-state index is -0.581. The molecule has 0 aliphatic carbocycles. The molecule has 98 valence electrons. The normalized spacial score (nSPS) is 10.4. The van der Waals surface area contributed by atoms with Crippen molar-refractivity contribution in [2.75, 3.05) is 0 Å². The first kappa shape index (κ1) is 12.3. The molecule has 0 aliphatic rings. The van der Waals surface area contributed by atoms with E-state index < -0.39 is 5.82 Å². The molecular weight excluding hydrogens is 257 g/mol. The molecule has 3 aromatic rings. The van der Waals surface area contributed by atoms with Gasteiger partial charge in [-0.25, -0.2) is 4.39 Å². The summed E-state index contributed by atoms with van der Waals surface area (Å²) < 4.78 is 19.2. The molecule has 0 fully saturated rings. The summed E-state index contributed by atoms with van der Waals surface area (Å²) in [4.78, 5) is 14.8. The number of fused-ring (bicyclic) bond motifs is 1. The summed E-state index contributed by atoms with van der Waals surface area (Å²) >= 11 is 0. The average molecular weight is 267 g/mol. The van der Waals surface area contributed by atoms with Gasteiger partial charge in [0.25, 0.3) is 0 Å². The summed E-state index contributed by atoms with van der Waals surface area (Å²) in [6.45, 7) is 0. The van der Waals surface area contributed by atoms with Gasteiger partial charge >= 0.3 is 0 Å². The molecule has 0 unspecified atom stereocenters. The van der Waals surface area contributed by atoms with Gasteiger partial charge in [-0.2, -0.15) is 0 Å². The van der Waals surface area contributed by atoms with Crippen molar-refractivity contribution in [2.45, 2.75) is 0 Å². The van der Waals surface area contributed by atoms with E-state index in [1.165, 1.54) is 18.3 Å². The van der Waals surface area contributed by atoms with Crippen LogP contribution in [0.2, 0.25) is 0 Å². The topological polar surface area (TPSA) is 39.2 Å². The number of para-hydroxylation sites is 1. The Balaban J connectivity index is 1.94. The second-order valence-electron chi connectivity index (χ2n) is 4.27. The van der Waals surface area contributed by atoms with Crippen molar-refractivity contribution in [2.24, 2.45) is 0 Å². The molecule has 0 amide bonds. The highest BCUT2D eigenvalue weighted by Crippen LogP contribution is 2.26. The SMILES string of the molecule is O=Cc1ccc(Oc2cnc3ccccc3c2)c(F)c1. The Bertz CT molecular complexity index is 786. The van der Waals surface area contributed by atoms with Crippen LogP contribution in [-0.2, 0) is 0 Å². The fourth-order valence-electron chi connectivity index (χ4n) is 1.91. The zero-order valence-corrected chi connectivity index (χ0v) is 10.4. The lowest BCUT2D eigenvalue weighted by Crippen LogP contribution is -1.91. The van der Waals surface area contributed by atoms with E-state index in [2.05, 4.69) is 4.98 Å². The molecule has 0 aliphatic heterocycles. The van der Waals surface area contributed by atoms with Gasteiger partial charge in [0.1, 0.15) is 12.0 Å². The van der Waals surface area contributed by atoms with E-state index in [9.17, 15) is 9.18 Å². The molecule has 1 aromatic heterocycles. The molecule has 20 heavy (non-hydrogen) atoms. The van der Waals surface area contributed by atoms with Crippen molar-refractivity contribution < 1.29 is 13.9 Å². The number of pyridine rings is 1. The molecule has 0 bridgehead atoms. The van der Waals surface area contributed by atoms with Gasteiger partial charge in [0.15, 0.2) is 11.6 Å². The minimum Gasteiger partial charge on any atom is -0.453 e. The van der Waals surface area contributed by atoms with Crippen molar-refractivity contribution in [1.82, 2.24) is 4.98 Å². The lowest BCUT2D eigenvalue weighted by molar-refractivity contribution is 0.112. The van der Waals surface area contributed by atoms with Gasteiger partial charge in [-0.1, -0.05) is 18.2 Å². The quantitative estimate of drug-likeness (QED) is 0.674. The van der Waals surface area contributed by atoms with Crippen LogP contribution in [0.5, 0.6) is 11.5 Å². The predicted octanol–water partition coefficient (Wildman–Crippen LogP) is 3.98. The van der Waals surface area contributed by atoms with E-state index in [-0.39, 0.29) is 11.3 Å². The van der Waals surface area contributed by atoms with Crippen LogP contribution in [-0.4, -0.2) is 11.3 Å². The predicted molar refractivity (Wildman–Crippen MR) is 73.6 cm³/mol. The Morgan fingerprint density at radius 3 is 2.75 bits per heavy atom. The van der Waals surface area contributed by atoms with E-state index in [0.717, 1.165) is 17.0 Å². The summed E-state index contributed by atoms with van der Waals surface area (Å²) in [7, 11) is 0. The first-order valence-electron chi connectivity index (χ1n) is 6.03. The molecule has 4 heteroatoms. The van der Waals surface area contributed by atoms with Crippen molar-refractivity contribution in [3.8, 4) is 11.5 Å². The van der Waals surface area contributed by atoms with Gasteiger partial charge < -0.3 is 4.74 Å². The van der Waals surface area contributed by atoms with Crippen LogP contribution in [0.25, 0.3) is 10.9 Å². The standard InChI is InChI=1S/C16H10FNO2/c17-14-7-11(10-19)5-6-16(14)20-13-8-12-3-1-2-4-15(12)18-9-13/h1-10H. The number of aromatic nitrogens is 1. The molecule has 3 nitrogen and oxygen atoms in total. The number of hydrogen-bond acceptors (Lipinski definition) is 3. The molecule has 0 spiro atoms. The Morgan fingerprint density at radius 2 is 1.95 bits per heavy atom. The molecule has 0 atom stereocenters. The van der Waals surface area contributed by atoms with Gasteiger partial charge in [0, 0.05) is 10.9 Å². The molecule has 0 N–H and O–H groups in total. The van der Waals surface area contributed by atoms with Crippen LogP contribution >= 0.6 is 0 Å². The van der Waals surface area contributed by atoms with Crippen LogP contribution < -0.4 is 4.74 Å². The molecule has 3 rings (SSSR count). The van der Waals surface area contributed by atoms with E-state index in [1.54, 1.807) is 6.07 Å². The van der Waals surface area contributed by atoms with Gasteiger partial charge in [0.05, 0.1) is 11.7 Å². The smallest absolute Gasteiger partial charge is 0.166 e. The fourth-order valence-corrected chi connectivity index (χ4v) is 1.91. The maximum Gasteiger partial charge on any atom is 0.166 e. The van der Waals surface area contributed by atoms with E-state index >= 15 is 0 Å². The van der Waals surface area contributed by atoms with Crippen molar-refractivity contribution >= 4 is 17.2 Å². The molecular formula is C16H10FNO2. The Hall–Kier alpha value is -2.75. The number of carbonyl (C=O) groups is 1. The molecule has 0 saturated carbocycles. The largest absolute Gasteiger partial charge is 0.453 e. The van der Waals surface area contributed by atoms with Crippen LogP contribution in [0, 0.1) is 5.82 Å². The second kappa shape index (κ2) is 5.09. The van der Waals surface area contributed by atoms with E-state index in [0.29, 0.717) is 12.0 Å². The third-order valence-corrected chi connectivity index (χ3v) is 2.89. The van der Waals surface area contributed by atoms with Crippen molar-refractivity contribution in [3.05, 3.63) is 66.1 Å². The number of ether oxygens (including phenoxy) is 1. The highest BCUT2D eigenvalue weighted by atomic mass is 19.1. The molecule has 0 saturated heterocycles. The maximum absolute atomic E-state index is 13.7. The lowest BCUT2D eigenvalue weighted by atomic mass is 10.2. The van der Waals surface area contributed by atoms with Crippen molar-refractivity contribution in [3.63, 3.8) is 0 Å². The third-order valence-electron chi connectivity index (χ3n) is 2.89. The first-order chi connectivity index (χ1) is 9.76. The zero-order valence-electron chi connectivity index (χ0n) is 10.4. The van der Waals surface area contributed by atoms with Crippen LogP contribution in [0.3, 0.4) is 0 Å². The van der Waals surface area contributed by atoms with E-state index in [1.807, 2.05) is 24.3 Å². The Kier molecular flexibility index (Phi) is 3.13. The monoisotopic (exact) mass is 267 g/mol. The number of benzene rings is 2. The van der Waals surface area contributed by atoms with Gasteiger partial charge in [-0.3, -0.25) is 9.78 Å². The minimum absolute atomic E-state index is 0.0627. The number of halogens is 1. The molecule has 0 radical (unpaired) electrons. The number of rotatable bonds is 3. The fraction of sp³-hybridized carbons (Fsp3) is 0. The number of aldehydes is 1. The van der Waals surface area contributed by atoms with Crippen molar-refractivity contribution in [1.29, 1.82) is 0 Å².